The molecule has 4 nitrogen and oxygen atoms in total. The van der Waals surface area contributed by atoms with Gasteiger partial charge in [-0.15, -0.1) is 0 Å². The van der Waals surface area contributed by atoms with Gasteiger partial charge in [-0.05, 0) is 63.7 Å². The van der Waals surface area contributed by atoms with Gasteiger partial charge >= 0.3 is 0 Å². The molecule has 2 aromatic carbocycles. The first kappa shape index (κ1) is 19.6. The fourth-order valence-corrected chi connectivity index (χ4v) is 5.49. The monoisotopic (exact) mass is 407 g/mol. The first-order valence-electron chi connectivity index (χ1n) is 10.9. The van der Waals surface area contributed by atoms with E-state index in [9.17, 15) is 4.39 Å². The number of piperidine rings is 1. The van der Waals surface area contributed by atoms with E-state index >= 15 is 0 Å². The normalized spacial score (nSPS) is 21.8. The summed E-state index contributed by atoms with van der Waals surface area (Å²) in [7, 11) is 3.91. The number of halogens is 1. The van der Waals surface area contributed by atoms with Gasteiger partial charge in [-0.2, -0.15) is 0 Å². The number of benzene rings is 2. The first-order chi connectivity index (χ1) is 14.5. The second-order valence-corrected chi connectivity index (χ2v) is 9.08. The molecule has 5 rings (SSSR count). The van der Waals surface area contributed by atoms with Gasteiger partial charge < -0.3 is 14.6 Å². The summed E-state index contributed by atoms with van der Waals surface area (Å²) < 4.78 is 19.9. The summed E-state index contributed by atoms with van der Waals surface area (Å²) in [5.74, 6) is 0.753. The van der Waals surface area contributed by atoms with E-state index in [0.717, 1.165) is 49.3 Å². The topological polar surface area (TPSA) is 31.5 Å². The molecule has 1 saturated heterocycles. The highest BCUT2D eigenvalue weighted by Crippen LogP contribution is 2.49. The Kier molecular flexibility index (Phi) is 4.83. The molecule has 2 aliphatic rings. The molecule has 0 aliphatic carbocycles. The van der Waals surface area contributed by atoms with E-state index in [2.05, 4.69) is 47.0 Å². The van der Waals surface area contributed by atoms with Crippen LogP contribution in [0.25, 0.3) is 10.9 Å². The zero-order valence-electron chi connectivity index (χ0n) is 18.0. The average molecular weight is 408 g/mol. The van der Waals surface area contributed by atoms with Gasteiger partial charge in [-0.25, -0.2) is 4.39 Å². The minimum absolute atomic E-state index is 0.0897. The fraction of sp³-hybridized carbons (Fsp3) is 0.440. The quantitative estimate of drug-likeness (QED) is 0.673. The minimum Gasteiger partial charge on any atom is -0.497 e. The highest BCUT2D eigenvalue weighted by Gasteiger charge is 2.46. The Morgan fingerprint density at radius 1 is 1.17 bits per heavy atom. The van der Waals surface area contributed by atoms with Gasteiger partial charge in [0.1, 0.15) is 11.6 Å². The third kappa shape index (κ3) is 3.12. The van der Waals surface area contributed by atoms with Crippen LogP contribution in [0.4, 0.5) is 4.39 Å². The van der Waals surface area contributed by atoms with Gasteiger partial charge in [0.05, 0.1) is 7.11 Å². The molecular weight excluding hydrogens is 377 g/mol. The van der Waals surface area contributed by atoms with Gasteiger partial charge in [0, 0.05) is 52.8 Å². The molecule has 0 bridgehead atoms. The largest absolute Gasteiger partial charge is 0.497 e. The molecule has 0 amide bonds. The highest BCUT2D eigenvalue weighted by molar-refractivity contribution is 5.87. The van der Waals surface area contributed by atoms with Crippen molar-refractivity contribution in [1.29, 1.82) is 0 Å². The number of nitrogens with zero attached hydrogens (tertiary/aromatic N) is 2. The SMILES string of the molecule is COc1ccc2c3c([nH]c2c1)C(C)N(Cc1ccccc1F)CC31CCN(C)CC1. The van der Waals surface area contributed by atoms with E-state index in [1.165, 1.54) is 16.6 Å². The number of aromatic nitrogens is 1. The maximum Gasteiger partial charge on any atom is 0.127 e. The van der Waals surface area contributed by atoms with Gasteiger partial charge in [0.15, 0.2) is 0 Å². The number of hydrogen-bond acceptors (Lipinski definition) is 3. The highest BCUT2D eigenvalue weighted by atomic mass is 19.1. The molecule has 1 fully saturated rings. The maximum atomic E-state index is 14.4. The predicted molar refractivity (Wildman–Crippen MR) is 118 cm³/mol. The van der Waals surface area contributed by atoms with Crippen molar-refractivity contribution < 1.29 is 9.13 Å². The third-order valence-electron chi connectivity index (χ3n) is 7.31. The summed E-state index contributed by atoms with van der Waals surface area (Å²) >= 11 is 0. The van der Waals surface area contributed by atoms with E-state index < -0.39 is 0 Å². The van der Waals surface area contributed by atoms with Crippen LogP contribution in [0.15, 0.2) is 42.5 Å². The Bertz CT molecular complexity index is 1070. The van der Waals surface area contributed by atoms with Crippen LogP contribution in [-0.2, 0) is 12.0 Å². The van der Waals surface area contributed by atoms with Crippen LogP contribution in [0.3, 0.4) is 0 Å². The van der Waals surface area contributed by atoms with Gasteiger partial charge in [-0.1, -0.05) is 18.2 Å². The van der Waals surface area contributed by atoms with E-state index in [-0.39, 0.29) is 17.3 Å². The number of likely N-dealkylation sites (tertiary alicyclic amines) is 1. The summed E-state index contributed by atoms with van der Waals surface area (Å²) in [6, 6.07) is 13.7. The summed E-state index contributed by atoms with van der Waals surface area (Å²) in [5.41, 5.74) is 4.76. The minimum atomic E-state index is -0.116. The standard InChI is InChI=1S/C25H30FN3O/c1-17-24-23(20-9-8-19(30-3)14-22(20)27-24)25(10-12-28(2)13-11-25)16-29(17)15-18-6-4-5-7-21(18)26/h4-9,14,17,27H,10-13,15-16H2,1-3H3. The zero-order valence-corrected chi connectivity index (χ0v) is 18.0. The van der Waals surface area contributed by atoms with Crippen molar-refractivity contribution in [3.63, 3.8) is 0 Å². The Morgan fingerprint density at radius 3 is 2.67 bits per heavy atom. The zero-order chi connectivity index (χ0) is 20.9. The van der Waals surface area contributed by atoms with Crippen molar-refractivity contribution in [3.8, 4) is 5.75 Å². The summed E-state index contributed by atoms with van der Waals surface area (Å²) in [6.07, 6.45) is 2.24. The van der Waals surface area contributed by atoms with Crippen LogP contribution in [0.1, 0.15) is 42.6 Å². The lowest BCUT2D eigenvalue weighted by Gasteiger charge is -2.49. The lowest BCUT2D eigenvalue weighted by Crippen LogP contribution is -2.52. The Balaban J connectivity index is 1.62. The molecule has 158 valence electrons. The fourth-order valence-electron chi connectivity index (χ4n) is 5.49. The van der Waals surface area contributed by atoms with E-state index in [4.69, 9.17) is 4.74 Å². The molecule has 1 aromatic heterocycles. The van der Waals surface area contributed by atoms with Crippen molar-refractivity contribution in [2.24, 2.45) is 0 Å². The van der Waals surface area contributed by atoms with Crippen molar-refractivity contribution >= 4 is 10.9 Å². The lowest BCUT2D eigenvalue weighted by atomic mass is 9.68. The number of nitrogens with one attached hydrogen (secondary N) is 1. The van der Waals surface area contributed by atoms with E-state index in [1.54, 1.807) is 19.2 Å². The lowest BCUT2D eigenvalue weighted by molar-refractivity contribution is 0.0810. The molecule has 0 saturated carbocycles. The van der Waals surface area contributed by atoms with Crippen molar-refractivity contribution in [1.82, 2.24) is 14.8 Å². The van der Waals surface area contributed by atoms with Gasteiger partial charge in [-0.3, -0.25) is 4.90 Å². The smallest absolute Gasteiger partial charge is 0.127 e. The number of ether oxygens (including phenoxy) is 1. The molecule has 30 heavy (non-hydrogen) atoms. The van der Waals surface area contributed by atoms with E-state index in [1.807, 2.05) is 12.1 Å². The number of fused-ring (bicyclic) bond motifs is 4. The molecule has 3 aromatic rings. The van der Waals surface area contributed by atoms with Crippen LogP contribution in [0, 0.1) is 5.82 Å². The summed E-state index contributed by atoms with van der Waals surface area (Å²) in [5, 5.41) is 1.31. The molecule has 0 radical (unpaired) electrons. The van der Waals surface area contributed by atoms with Crippen LogP contribution in [0.2, 0.25) is 0 Å². The molecule has 1 atom stereocenters. The van der Waals surface area contributed by atoms with Crippen LogP contribution < -0.4 is 4.74 Å². The third-order valence-corrected chi connectivity index (χ3v) is 7.31. The van der Waals surface area contributed by atoms with Crippen molar-refractivity contribution in [2.75, 3.05) is 33.8 Å². The second-order valence-electron chi connectivity index (χ2n) is 9.08. The number of hydrogen-bond donors (Lipinski definition) is 1. The van der Waals surface area contributed by atoms with Crippen LogP contribution in [-0.4, -0.2) is 48.6 Å². The Morgan fingerprint density at radius 2 is 1.93 bits per heavy atom. The van der Waals surface area contributed by atoms with Gasteiger partial charge in [0.2, 0.25) is 0 Å². The maximum absolute atomic E-state index is 14.4. The number of rotatable bonds is 3. The predicted octanol–water partition coefficient (Wildman–Crippen LogP) is 4.86. The molecule has 1 spiro atoms. The first-order valence-corrected chi connectivity index (χ1v) is 10.9. The van der Waals surface area contributed by atoms with E-state index in [0.29, 0.717) is 6.54 Å². The summed E-state index contributed by atoms with van der Waals surface area (Å²) in [6.45, 7) is 6.01. The molecule has 1 N–H and O–H groups in total. The molecule has 5 heteroatoms. The molecule has 2 aliphatic heterocycles. The number of H-pyrrole nitrogens is 1. The average Bonchev–Trinajstić information content (AvgIpc) is 3.15. The molecular formula is C25H30FN3O. The number of aromatic amines is 1. The molecule has 3 heterocycles. The van der Waals surface area contributed by atoms with Crippen molar-refractivity contribution in [3.05, 3.63) is 65.1 Å². The Hall–Kier alpha value is -2.37. The molecule has 1 unspecified atom stereocenters. The second kappa shape index (κ2) is 7.40. The summed E-state index contributed by atoms with van der Waals surface area (Å²) in [4.78, 5) is 8.60. The van der Waals surface area contributed by atoms with Crippen molar-refractivity contribution in [2.45, 2.75) is 37.8 Å². The van der Waals surface area contributed by atoms with Crippen LogP contribution >= 0.6 is 0 Å². The van der Waals surface area contributed by atoms with Gasteiger partial charge in [0.25, 0.3) is 0 Å². The Labute approximate surface area is 177 Å². The van der Waals surface area contributed by atoms with Crippen LogP contribution in [0.5, 0.6) is 5.75 Å². The number of methoxy groups -OCH3 is 1.